The molecule has 0 fully saturated rings. The summed E-state index contributed by atoms with van der Waals surface area (Å²) in [7, 11) is 0. The fraction of sp³-hybridized carbons (Fsp3) is 0.462. The summed E-state index contributed by atoms with van der Waals surface area (Å²) in [5.41, 5.74) is 0.407. The Kier molecular flexibility index (Phi) is 5.82. The molecular formula is C13H18N2O3S. The van der Waals surface area contributed by atoms with Crippen molar-refractivity contribution in [2.45, 2.75) is 31.3 Å². The van der Waals surface area contributed by atoms with Crippen LogP contribution in [0.3, 0.4) is 0 Å². The Balaban J connectivity index is 2.84. The second-order valence-corrected chi connectivity index (χ2v) is 5.35. The highest BCUT2D eigenvalue weighted by molar-refractivity contribution is 7.98. The first-order valence-electron chi connectivity index (χ1n) is 5.98. The number of carbonyl (C=O) groups excluding carboxylic acids is 1. The zero-order valence-electron chi connectivity index (χ0n) is 11.2. The number of pyridine rings is 1. The van der Waals surface area contributed by atoms with Gasteiger partial charge in [-0.2, -0.15) is 0 Å². The molecule has 1 amide bonds. The second-order valence-electron chi connectivity index (χ2n) is 4.55. The predicted octanol–water partition coefficient (Wildman–Crippen LogP) is 2.03. The van der Waals surface area contributed by atoms with Crippen molar-refractivity contribution in [2.24, 2.45) is 5.92 Å². The Morgan fingerprint density at radius 2 is 2.16 bits per heavy atom. The van der Waals surface area contributed by atoms with Gasteiger partial charge in [-0.05, 0) is 30.7 Å². The minimum atomic E-state index is -1.02. The molecule has 0 aliphatic rings. The molecule has 0 radical (unpaired) electrons. The van der Waals surface area contributed by atoms with Gasteiger partial charge in [0.2, 0.25) is 0 Å². The Labute approximate surface area is 116 Å². The van der Waals surface area contributed by atoms with Gasteiger partial charge in [-0.1, -0.05) is 13.8 Å². The van der Waals surface area contributed by atoms with Crippen LogP contribution < -0.4 is 5.32 Å². The molecule has 0 saturated heterocycles. The van der Waals surface area contributed by atoms with Crippen LogP contribution >= 0.6 is 11.8 Å². The zero-order valence-corrected chi connectivity index (χ0v) is 12.0. The maximum absolute atomic E-state index is 12.1. The van der Waals surface area contributed by atoms with Crippen molar-refractivity contribution in [1.29, 1.82) is 0 Å². The van der Waals surface area contributed by atoms with Gasteiger partial charge in [-0.15, -0.1) is 11.8 Å². The van der Waals surface area contributed by atoms with Crippen molar-refractivity contribution in [3.63, 3.8) is 0 Å². The van der Waals surface area contributed by atoms with Crippen LogP contribution in [0.5, 0.6) is 0 Å². The number of carboxylic acids is 1. The maximum atomic E-state index is 12.1. The van der Waals surface area contributed by atoms with E-state index in [-0.39, 0.29) is 5.92 Å². The third kappa shape index (κ3) is 4.55. The smallest absolute Gasteiger partial charge is 0.326 e. The van der Waals surface area contributed by atoms with Crippen LogP contribution in [0, 0.1) is 5.92 Å². The van der Waals surface area contributed by atoms with E-state index in [1.165, 1.54) is 11.8 Å². The lowest BCUT2D eigenvalue weighted by molar-refractivity contribution is -0.139. The molecule has 2 N–H and O–H groups in total. The molecule has 0 aliphatic carbocycles. The van der Waals surface area contributed by atoms with Crippen molar-refractivity contribution in [1.82, 2.24) is 10.3 Å². The molecule has 0 aromatic carbocycles. The van der Waals surface area contributed by atoms with Gasteiger partial charge in [0.25, 0.3) is 5.91 Å². The molecule has 104 valence electrons. The molecule has 1 aromatic heterocycles. The van der Waals surface area contributed by atoms with Crippen molar-refractivity contribution in [2.75, 3.05) is 6.26 Å². The first kappa shape index (κ1) is 15.5. The number of amides is 1. The van der Waals surface area contributed by atoms with E-state index in [2.05, 4.69) is 10.3 Å². The lowest BCUT2D eigenvalue weighted by Crippen LogP contribution is -2.41. The van der Waals surface area contributed by atoms with Crippen LogP contribution in [0.2, 0.25) is 0 Å². The number of rotatable bonds is 6. The van der Waals surface area contributed by atoms with Crippen LogP contribution in [-0.2, 0) is 4.79 Å². The molecule has 0 bridgehead atoms. The average molecular weight is 282 g/mol. The number of carbonyl (C=O) groups is 2. The lowest BCUT2D eigenvalue weighted by atomic mass is 10.0. The molecule has 1 rings (SSSR count). The standard InChI is InChI=1S/C13H18N2O3S/c1-8(2)7-10(13(17)18)15-11(16)9-5-4-6-14-12(9)19-3/h4-6,8,10H,7H2,1-3H3,(H,15,16)(H,17,18)/t10-/m1/s1. The third-order valence-electron chi connectivity index (χ3n) is 2.52. The van der Waals surface area contributed by atoms with Gasteiger partial charge < -0.3 is 10.4 Å². The average Bonchev–Trinajstić information content (AvgIpc) is 2.37. The largest absolute Gasteiger partial charge is 0.480 e. The van der Waals surface area contributed by atoms with Crippen LogP contribution in [0.25, 0.3) is 0 Å². The van der Waals surface area contributed by atoms with E-state index < -0.39 is 17.9 Å². The summed E-state index contributed by atoms with van der Waals surface area (Å²) in [6, 6.07) is 2.43. The van der Waals surface area contributed by atoms with Crippen molar-refractivity contribution < 1.29 is 14.7 Å². The molecule has 0 saturated carbocycles. The second kappa shape index (κ2) is 7.13. The van der Waals surface area contributed by atoms with E-state index in [1.54, 1.807) is 18.3 Å². The highest BCUT2D eigenvalue weighted by atomic mass is 32.2. The molecule has 1 atom stereocenters. The van der Waals surface area contributed by atoms with Crippen molar-refractivity contribution in [3.8, 4) is 0 Å². The fourth-order valence-electron chi connectivity index (χ4n) is 1.66. The van der Waals surface area contributed by atoms with E-state index in [0.717, 1.165) is 0 Å². The Morgan fingerprint density at radius 3 is 2.68 bits per heavy atom. The van der Waals surface area contributed by atoms with Gasteiger partial charge in [0.1, 0.15) is 11.1 Å². The summed E-state index contributed by atoms with van der Waals surface area (Å²) < 4.78 is 0. The van der Waals surface area contributed by atoms with Gasteiger partial charge in [0.15, 0.2) is 0 Å². The number of thioether (sulfide) groups is 1. The SMILES string of the molecule is CSc1ncccc1C(=O)N[C@H](CC(C)C)C(=O)O. The monoisotopic (exact) mass is 282 g/mol. The summed E-state index contributed by atoms with van der Waals surface area (Å²) in [6.45, 7) is 3.83. The molecule has 1 aromatic rings. The van der Waals surface area contributed by atoms with E-state index in [4.69, 9.17) is 5.11 Å². The van der Waals surface area contributed by atoms with Crippen LogP contribution in [0.15, 0.2) is 23.4 Å². The fourth-order valence-corrected chi connectivity index (χ4v) is 2.20. The topological polar surface area (TPSA) is 79.3 Å². The number of hydrogen-bond donors (Lipinski definition) is 2. The molecule has 5 nitrogen and oxygen atoms in total. The first-order valence-corrected chi connectivity index (χ1v) is 7.20. The third-order valence-corrected chi connectivity index (χ3v) is 3.23. The maximum Gasteiger partial charge on any atom is 0.326 e. The number of carboxylic acid groups (broad SMARTS) is 1. The highest BCUT2D eigenvalue weighted by Crippen LogP contribution is 2.17. The Bertz CT molecular complexity index is 463. The molecule has 0 spiro atoms. The normalized spacial score (nSPS) is 12.2. The quantitative estimate of drug-likeness (QED) is 0.780. The summed E-state index contributed by atoms with van der Waals surface area (Å²) in [5, 5.41) is 12.2. The molecule has 0 unspecified atom stereocenters. The zero-order chi connectivity index (χ0) is 14.4. The molecule has 1 heterocycles. The summed E-state index contributed by atoms with van der Waals surface area (Å²) in [4.78, 5) is 27.3. The lowest BCUT2D eigenvalue weighted by Gasteiger charge is -2.17. The van der Waals surface area contributed by atoms with E-state index in [0.29, 0.717) is 17.0 Å². The molecule has 0 aliphatic heterocycles. The Hall–Kier alpha value is -1.56. The summed E-state index contributed by atoms with van der Waals surface area (Å²) in [6.07, 6.45) is 3.82. The number of aliphatic carboxylic acids is 1. The van der Waals surface area contributed by atoms with E-state index in [1.807, 2.05) is 20.1 Å². The number of nitrogens with one attached hydrogen (secondary N) is 1. The molecule has 6 heteroatoms. The minimum Gasteiger partial charge on any atom is -0.480 e. The van der Waals surface area contributed by atoms with Gasteiger partial charge >= 0.3 is 5.97 Å². The molecule has 19 heavy (non-hydrogen) atoms. The predicted molar refractivity (Wildman–Crippen MR) is 74.4 cm³/mol. The number of nitrogens with zero attached hydrogens (tertiary/aromatic N) is 1. The van der Waals surface area contributed by atoms with Crippen molar-refractivity contribution in [3.05, 3.63) is 23.9 Å². The Morgan fingerprint density at radius 1 is 1.47 bits per heavy atom. The first-order chi connectivity index (χ1) is 8.95. The van der Waals surface area contributed by atoms with E-state index in [9.17, 15) is 9.59 Å². The van der Waals surface area contributed by atoms with Gasteiger partial charge in [0.05, 0.1) is 5.56 Å². The minimum absolute atomic E-state index is 0.190. The van der Waals surface area contributed by atoms with Crippen LogP contribution in [0.1, 0.15) is 30.6 Å². The number of aromatic nitrogens is 1. The van der Waals surface area contributed by atoms with E-state index >= 15 is 0 Å². The van der Waals surface area contributed by atoms with Crippen molar-refractivity contribution >= 4 is 23.6 Å². The van der Waals surface area contributed by atoms with Gasteiger partial charge in [-0.3, -0.25) is 4.79 Å². The van der Waals surface area contributed by atoms with Gasteiger partial charge in [0, 0.05) is 6.20 Å². The van der Waals surface area contributed by atoms with Crippen LogP contribution in [0.4, 0.5) is 0 Å². The summed E-state index contributed by atoms with van der Waals surface area (Å²) >= 11 is 1.35. The number of hydrogen-bond acceptors (Lipinski definition) is 4. The van der Waals surface area contributed by atoms with Crippen LogP contribution in [-0.4, -0.2) is 34.3 Å². The molecular weight excluding hydrogens is 264 g/mol. The highest BCUT2D eigenvalue weighted by Gasteiger charge is 2.22. The van der Waals surface area contributed by atoms with Gasteiger partial charge in [-0.25, -0.2) is 9.78 Å². The summed E-state index contributed by atoms with van der Waals surface area (Å²) in [5.74, 6) is -1.22.